The van der Waals surface area contributed by atoms with Crippen molar-refractivity contribution in [3.63, 3.8) is 0 Å². The van der Waals surface area contributed by atoms with Crippen LogP contribution in [0.3, 0.4) is 0 Å². The van der Waals surface area contributed by atoms with Crippen LogP contribution < -0.4 is 15.2 Å². The van der Waals surface area contributed by atoms with Gasteiger partial charge in [0, 0.05) is 5.56 Å². The van der Waals surface area contributed by atoms with E-state index in [0.717, 1.165) is 5.56 Å². The van der Waals surface area contributed by atoms with Gasteiger partial charge in [-0.1, -0.05) is 18.2 Å². The smallest absolute Gasteiger partial charge is 0.363 e. The highest BCUT2D eigenvalue weighted by atomic mass is 16.6. The molecule has 3 rings (SSSR count). The van der Waals surface area contributed by atoms with Crippen LogP contribution in [0.4, 0.5) is 0 Å². The molecule has 1 aliphatic rings. The Bertz CT molecular complexity index is 900. The van der Waals surface area contributed by atoms with Crippen molar-refractivity contribution in [2.45, 2.75) is 0 Å². The Kier molecular flexibility index (Phi) is 4.98. The molecule has 0 radical (unpaired) electrons. The van der Waals surface area contributed by atoms with E-state index in [1.165, 1.54) is 0 Å². The first-order valence-corrected chi connectivity index (χ1v) is 7.73. The molecular weight excluding hydrogens is 336 g/mol. The van der Waals surface area contributed by atoms with E-state index in [0.29, 0.717) is 17.1 Å². The lowest BCUT2D eigenvalue weighted by molar-refractivity contribution is -0.130. The van der Waals surface area contributed by atoms with E-state index in [-0.39, 0.29) is 18.2 Å². The molecule has 1 heterocycles. The Balaban J connectivity index is 1.78. The summed E-state index contributed by atoms with van der Waals surface area (Å²) in [4.78, 5) is 27.0. The molecule has 26 heavy (non-hydrogen) atoms. The summed E-state index contributed by atoms with van der Waals surface area (Å²) in [5.74, 6) is 0.286. The first-order chi connectivity index (χ1) is 12.5. The molecule has 0 saturated heterocycles. The van der Waals surface area contributed by atoms with E-state index < -0.39 is 11.9 Å². The topological polar surface area (TPSA) is 100 Å². The van der Waals surface area contributed by atoms with Crippen molar-refractivity contribution in [2.75, 3.05) is 13.7 Å². The number of rotatable bonds is 6. The number of hydrogen-bond acceptors (Lipinski definition) is 6. The van der Waals surface area contributed by atoms with Crippen molar-refractivity contribution < 1.29 is 23.8 Å². The number of nitrogens with zero attached hydrogens (tertiary/aromatic N) is 1. The molecule has 7 nitrogen and oxygen atoms in total. The number of methoxy groups -OCH3 is 1. The van der Waals surface area contributed by atoms with Gasteiger partial charge in [0.15, 0.2) is 12.3 Å². The zero-order valence-corrected chi connectivity index (χ0v) is 14.0. The normalized spacial score (nSPS) is 14.7. The van der Waals surface area contributed by atoms with E-state index in [1.54, 1.807) is 61.7 Å². The third kappa shape index (κ3) is 4.07. The Morgan fingerprint density at radius 3 is 2.65 bits per heavy atom. The number of esters is 1. The molecule has 0 atom stereocenters. The molecule has 0 bridgehead atoms. The molecule has 2 N–H and O–H groups in total. The van der Waals surface area contributed by atoms with Gasteiger partial charge >= 0.3 is 5.97 Å². The van der Waals surface area contributed by atoms with Gasteiger partial charge in [-0.05, 0) is 42.0 Å². The van der Waals surface area contributed by atoms with E-state index in [1.807, 2.05) is 0 Å². The van der Waals surface area contributed by atoms with Crippen LogP contribution in [0.2, 0.25) is 0 Å². The van der Waals surface area contributed by atoms with Gasteiger partial charge in [0.25, 0.3) is 5.91 Å². The molecular formula is C19H16N2O5. The van der Waals surface area contributed by atoms with Crippen LogP contribution in [0.1, 0.15) is 11.1 Å². The molecule has 0 fully saturated rings. The molecule has 0 saturated carbocycles. The van der Waals surface area contributed by atoms with Crippen LogP contribution in [0.25, 0.3) is 6.08 Å². The second kappa shape index (κ2) is 7.52. The number of ether oxygens (including phenoxy) is 3. The highest BCUT2D eigenvalue weighted by Gasteiger charge is 2.24. The molecule has 0 spiro atoms. The summed E-state index contributed by atoms with van der Waals surface area (Å²) in [7, 11) is 1.56. The van der Waals surface area contributed by atoms with Crippen molar-refractivity contribution in [1.29, 1.82) is 0 Å². The summed E-state index contributed by atoms with van der Waals surface area (Å²) in [5, 5.41) is 0. The van der Waals surface area contributed by atoms with Crippen molar-refractivity contribution in [2.24, 2.45) is 10.7 Å². The maximum absolute atomic E-state index is 12.0. The maximum atomic E-state index is 12.0. The summed E-state index contributed by atoms with van der Waals surface area (Å²) in [6.07, 6.45) is 1.60. The summed E-state index contributed by atoms with van der Waals surface area (Å²) in [6, 6.07) is 13.9. The summed E-state index contributed by atoms with van der Waals surface area (Å²) in [6.45, 7) is -0.193. The number of primary amides is 1. The number of hydrogen-bond donors (Lipinski definition) is 1. The number of benzene rings is 2. The van der Waals surface area contributed by atoms with E-state index >= 15 is 0 Å². The minimum atomic E-state index is -0.552. The van der Waals surface area contributed by atoms with Gasteiger partial charge in [-0.3, -0.25) is 4.79 Å². The van der Waals surface area contributed by atoms with Crippen LogP contribution in [-0.2, 0) is 14.3 Å². The van der Waals surface area contributed by atoms with E-state index in [4.69, 9.17) is 19.9 Å². The number of nitrogens with two attached hydrogens (primary N) is 1. The fourth-order valence-corrected chi connectivity index (χ4v) is 2.26. The van der Waals surface area contributed by atoms with E-state index in [2.05, 4.69) is 4.99 Å². The number of carbonyl (C=O) groups excluding carboxylic acids is 2. The minimum Gasteiger partial charge on any atom is -0.497 e. The van der Waals surface area contributed by atoms with Gasteiger partial charge in [0.05, 0.1) is 7.11 Å². The predicted octanol–water partition coefficient (Wildman–Crippen LogP) is 1.90. The lowest BCUT2D eigenvalue weighted by Crippen LogP contribution is -2.19. The molecule has 2 aromatic carbocycles. The second-order valence-electron chi connectivity index (χ2n) is 5.39. The van der Waals surface area contributed by atoms with Crippen LogP contribution in [0.15, 0.2) is 59.2 Å². The van der Waals surface area contributed by atoms with Gasteiger partial charge in [0.2, 0.25) is 5.90 Å². The average Bonchev–Trinajstić information content (AvgIpc) is 3.02. The zero-order chi connectivity index (χ0) is 18.5. The maximum Gasteiger partial charge on any atom is 0.363 e. The Labute approximate surface area is 149 Å². The number of aliphatic imine (C=N–C) groups is 1. The Morgan fingerprint density at radius 2 is 1.96 bits per heavy atom. The van der Waals surface area contributed by atoms with Gasteiger partial charge in [-0.15, -0.1) is 0 Å². The zero-order valence-electron chi connectivity index (χ0n) is 14.0. The second-order valence-corrected chi connectivity index (χ2v) is 5.39. The first-order valence-electron chi connectivity index (χ1n) is 7.73. The Hall–Kier alpha value is -3.61. The van der Waals surface area contributed by atoms with Gasteiger partial charge < -0.3 is 19.9 Å². The average molecular weight is 352 g/mol. The number of amides is 1. The molecule has 132 valence electrons. The van der Waals surface area contributed by atoms with Gasteiger partial charge in [-0.2, -0.15) is 0 Å². The van der Waals surface area contributed by atoms with E-state index in [9.17, 15) is 9.59 Å². The molecule has 1 aliphatic heterocycles. The van der Waals surface area contributed by atoms with Crippen molar-refractivity contribution in [3.8, 4) is 11.5 Å². The quantitative estimate of drug-likeness (QED) is 0.632. The summed E-state index contributed by atoms with van der Waals surface area (Å²) < 4.78 is 15.6. The number of cyclic esters (lactones) is 1. The third-order valence-corrected chi connectivity index (χ3v) is 3.50. The fourth-order valence-electron chi connectivity index (χ4n) is 2.26. The molecule has 2 aromatic rings. The van der Waals surface area contributed by atoms with Crippen LogP contribution in [0.5, 0.6) is 11.5 Å². The fraction of sp³-hybridized carbons (Fsp3) is 0.105. The van der Waals surface area contributed by atoms with Gasteiger partial charge in [-0.25, -0.2) is 9.79 Å². The SMILES string of the molecule is COc1cccc(C2=NC(=Cc3ccc(OCC(N)=O)cc3)C(=O)O2)c1. The molecule has 0 unspecified atom stereocenters. The highest BCUT2D eigenvalue weighted by molar-refractivity contribution is 6.12. The lowest BCUT2D eigenvalue weighted by atomic mass is 10.2. The lowest BCUT2D eigenvalue weighted by Gasteiger charge is -2.03. The largest absolute Gasteiger partial charge is 0.497 e. The molecule has 7 heteroatoms. The molecule has 0 aliphatic carbocycles. The Morgan fingerprint density at radius 1 is 1.19 bits per heavy atom. The third-order valence-electron chi connectivity index (χ3n) is 3.50. The molecule has 1 amide bonds. The van der Waals surface area contributed by atoms with Crippen LogP contribution in [-0.4, -0.2) is 31.5 Å². The standard InChI is InChI=1S/C19H16N2O5/c1-24-15-4-2-3-13(10-15)18-21-16(19(23)26-18)9-12-5-7-14(8-6-12)25-11-17(20)22/h2-10H,11H2,1H3,(H2,20,22). The summed E-state index contributed by atoms with van der Waals surface area (Å²) in [5.41, 5.74) is 6.60. The van der Waals surface area contributed by atoms with Crippen molar-refractivity contribution in [3.05, 3.63) is 65.4 Å². The highest BCUT2D eigenvalue weighted by Crippen LogP contribution is 2.22. The van der Waals surface area contributed by atoms with Crippen molar-refractivity contribution >= 4 is 23.9 Å². The van der Waals surface area contributed by atoms with Gasteiger partial charge in [0.1, 0.15) is 11.5 Å². The monoisotopic (exact) mass is 352 g/mol. The first kappa shape index (κ1) is 17.2. The molecule has 0 aromatic heterocycles. The summed E-state index contributed by atoms with van der Waals surface area (Å²) >= 11 is 0. The van der Waals surface area contributed by atoms with Crippen LogP contribution in [0, 0.1) is 0 Å². The predicted molar refractivity (Wildman–Crippen MR) is 94.7 cm³/mol. The number of carbonyl (C=O) groups is 2. The van der Waals surface area contributed by atoms with Crippen LogP contribution >= 0.6 is 0 Å². The minimum absolute atomic E-state index is 0.189. The van der Waals surface area contributed by atoms with Crippen molar-refractivity contribution in [1.82, 2.24) is 0 Å².